The summed E-state index contributed by atoms with van der Waals surface area (Å²) in [6.45, 7) is 8.39. The minimum Gasteiger partial charge on any atom is -0.493 e. The molecule has 0 saturated carbocycles. The molecule has 6 nitrogen and oxygen atoms in total. The summed E-state index contributed by atoms with van der Waals surface area (Å²) in [5.41, 5.74) is 1.86. The molecule has 1 N–H and O–H groups in total. The number of benzene rings is 1. The predicted octanol–water partition coefficient (Wildman–Crippen LogP) is 2.99. The molecule has 0 radical (unpaired) electrons. The van der Waals surface area contributed by atoms with E-state index in [1.165, 1.54) is 11.1 Å². The maximum Gasteiger partial charge on any atom is 0.166 e. The molecule has 2 unspecified atom stereocenters. The summed E-state index contributed by atoms with van der Waals surface area (Å²) >= 11 is 0. The first-order valence-electron chi connectivity index (χ1n) is 10.8. The van der Waals surface area contributed by atoms with Gasteiger partial charge >= 0.3 is 0 Å². The Labute approximate surface area is 178 Å². The van der Waals surface area contributed by atoms with Crippen molar-refractivity contribution in [2.45, 2.75) is 69.8 Å². The molecule has 3 atom stereocenters. The van der Waals surface area contributed by atoms with Gasteiger partial charge < -0.3 is 19.3 Å². The second kappa shape index (κ2) is 7.98. The third kappa shape index (κ3) is 4.01. The highest BCUT2D eigenvalue weighted by molar-refractivity contribution is 5.79. The Morgan fingerprint density at radius 3 is 2.90 bits per heavy atom. The van der Waals surface area contributed by atoms with Crippen molar-refractivity contribution in [1.82, 2.24) is 4.90 Å². The third-order valence-corrected chi connectivity index (χ3v) is 6.41. The van der Waals surface area contributed by atoms with Crippen LogP contribution in [0.4, 0.5) is 0 Å². The van der Waals surface area contributed by atoms with Crippen molar-refractivity contribution in [2.24, 2.45) is 0 Å². The zero-order valence-corrected chi connectivity index (χ0v) is 18.4. The van der Waals surface area contributed by atoms with Crippen LogP contribution in [-0.2, 0) is 21.5 Å². The van der Waals surface area contributed by atoms with Gasteiger partial charge in [0.25, 0.3) is 0 Å². The molecule has 0 saturated heterocycles. The molecule has 0 amide bonds. The highest BCUT2D eigenvalue weighted by atomic mass is 16.5. The summed E-state index contributed by atoms with van der Waals surface area (Å²) in [7, 11) is 1.66. The Hall–Kier alpha value is -1.89. The molecular weight excluding hydrogens is 382 g/mol. The van der Waals surface area contributed by atoms with Crippen molar-refractivity contribution in [3.63, 3.8) is 0 Å². The number of aliphatic hydroxyl groups is 1. The van der Waals surface area contributed by atoms with Gasteiger partial charge in [-0.25, -0.2) is 0 Å². The average molecular weight is 416 g/mol. The van der Waals surface area contributed by atoms with Crippen molar-refractivity contribution >= 4 is 5.78 Å². The Morgan fingerprint density at radius 2 is 2.17 bits per heavy atom. The first-order chi connectivity index (χ1) is 14.2. The fraction of sp³-hybridized carbons (Fsp3) is 0.625. The summed E-state index contributed by atoms with van der Waals surface area (Å²) in [5, 5.41) is 10.2. The minimum absolute atomic E-state index is 0.0932. The van der Waals surface area contributed by atoms with Gasteiger partial charge in [0.15, 0.2) is 17.3 Å². The maximum absolute atomic E-state index is 12.3. The Bertz CT molecular complexity index is 843. The van der Waals surface area contributed by atoms with Crippen molar-refractivity contribution < 1.29 is 24.1 Å². The largest absolute Gasteiger partial charge is 0.493 e. The van der Waals surface area contributed by atoms with Gasteiger partial charge in [0.2, 0.25) is 0 Å². The van der Waals surface area contributed by atoms with Crippen LogP contribution in [0.25, 0.3) is 0 Å². The quantitative estimate of drug-likeness (QED) is 0.721. The van der Waals surface area contributed by atoms with E-state index in [-0.39, 0.29) is 29.5 Å². The van der Waals surface area contributed by atoms with Gasteiger partial charge in [-0.1, -0.05) is 18.2 Å². The van der Waals surface area contributed by atoms with Crippen LogP contribution in [0.5, 0.6) is 11.5 Å². The molecule has 2 aliphatic heterocycles. The predicted molar refractivity (Wildman–Crippen MR) is 114 cm³/mol. The zero-order chi connectivity index (χ0) is 21.5. The fourth-order valence-corrected chi connectivity index (χ4v) is 4.84. The lowest BCUT2D eigenvalue weighted by Gasteiger charge is -2.35. The monoisotopic (exact) mass is 415 g/mol. The summed E-state index contributed by atoms with van der Waals surface area (Å²) in [4.78, 5) is 14.7. The highest BCUT2D eigenvalue weighted by Gasteiger charge is 2.52. The van der Waals surface area contributed by atoms with Crippen LogP contribution in [0.15, 0.2) is 24.3 Å². The van der Waals surface area contributed by atoms with Crippen LogP contribution in [-0.4, -0.2) is 60.4 Å². The molecule has 4 rings (SSSR count). The van der Waals surface area contributed by atoms with E-state index in [1.54, 1.807) is 7.11 Å². The summed E-state index contributed by atoms with van der Waals surface area (Å²) in [6.07, 6.45) is 5.43. The van der Waals surface area contributed by atoms with Crippen molar-refractivity contribution in [1.29, 1.82) is 0 Å². The molecule has 0 fully saturated rings. The van der Waals surface area contributed by atoms with E-state index in [9.17, 15) is 9.90 Å². The number of ether oxygens (including phenoxy) is 3. The van der Waals surface area contributed by atoms with Crippen LogP contribution in [0.2, 0.25) is 0 Å². The molecule has 2 heterocycles. The highest BCUT2D eigenvalue weighted by Crippen LogP contribution is 2.55. The van der Waals surface area contributed by atoms with Gasteiger partial charge in [-0.3, -0.25) is 9.69 Å². The van der Waals surface area contributed by atoms with Crippen LogP contribution in [0, 0.1) is 0 Å². The molecular formula is C24H33NO5. The van der Waals surface area contributed by atoms with Crippen molar-refractivity contribution in [2.75, 3.05) is 26.8 Å². The molecule has 30 heavy (non-hydrogen) atoms. The van der Waals surface area contributed by atoms with E-state index in [0.717, 1.165) is 31.0 Å². The van der Waals surface area contributed by atoms with Crippen LogP contribution >= 0.6 is 0 Å². The van der Waals surface area contributed by atoms with E-state index >= 15 is 0 Å². The van der Waals surface area contributed by atoms with Crippen LogP contribution in [0.3, 0.4) is 0 Å². The number of carbonyl (C=O) groups excluding carboxylic acids is 1. The van der Waals surface area contributed by atoms with Crippen LogP contribution < -0.4 is 9.47 Å². The molecule has 0 aromatic heterocycles. The molecule has 1 aromatic rings. The summed E-state index contributed by atoms with van der Waals surface area (Å²) < 4.78 is 17.5. The number of Topliss-reactive ketones (excluding diaryl/α,β-unsaturated/α-hetero) is 1. The van der Waals surface area contributed by atoms with E-state index < -0.39 is 6.10 Å². The van der Waals surface area contributed by atoms with E-state index in [4.69, 9.17) is 14.2 Å². The number of ketones is 1. The fourth-order valence-electron chi connectivity index (χ4n) is 4.84. The average Bonchev–Trinajstić information content (AvgIpc) is 2.93. The number of nitrogens with zero attached hydrogens (tertiary/aromatic N) is 1. The minimum atomic E-state index is -0.482. The maximum atomic E-state index is 12.3. The number of rotatable bonds is 6. The van der Waals surface area contributed by atoms with Gasteiger partial charge in [-0.05, 0) is 45.4 Å². The lowest BCUT2D eigenvalue weighted by molar-refractivity contribution is -0.128. The second-order valence-corrected chi connectivity index (χ2v) is 9.66. The zero-order valence-electron chi connectivity index (χ0n) is 18.4. The van der Waals surface area contributed by atoms with E-state index in [2.05, 4.69) is 17.0 Å². The molecule has 6 heteroatoms. The van der Waals surface area contributed by atoms with Crippen molar-refractivity contribution in [3.8, 4) is 11.5 Å². The SMILES string of the molecule is COc1ccc2c3c1OC1C[C@@H](O)C=CC31CCN(CCC(=O)COC(C)(C)C)C2. The smallest absolute Gasteiger partial charge is 0.166 e. The third-order valence-electron chi connectivity index (χ3n) is 6.41. The summed E-state index contributed by atoms with van der Waals surface area (Å²) in [5.74, 6) is 1.69. The first kappa shape index (κ1) is 21.3. The number of aliphatic hydroxyl groups excluding tert-OH is 1. The number of hydrogen-bond donors (Lipinski definition) is 1. The van der Waals surface area contributed by atoms with Gasteiger partial charge in [-0.2, -0.15) is 0 Å². The summed E-state index contributed by atoms with van der Waals surface area (Å²) in [6, 6.07) is 4.08. The van der Waals surface area contributed by atoms with Crippen molar-refractivity contribution in [3.05, 3.63) is 35.4 Å². The Kier molecular flexibility index (Phi) is 5.68. The lowest BCUT2D eigenvalue weighted by atomic mass is 9.69. The van der Waals surface area contributed by atoms with Gasteiger partial charge in [0.1, 0.15) is 12.7 Å². The molecule has 3 aliphatic rings. The molecule has 1 aromatic carbocycles. The normalized spacial score (nSPS) is 27.8. The first-order valence-corrected chi connectivity index (χ1v) is 10.8. The van der Waals surface area contributed by atoms with Gasteiger partial charge in [0, 0.05) is 31.5 Å². The number of methoxy groups -OCH3 is 1. The van der Waals surface area contributed by atoms with Gasteiger partial charge in [0.05, 0.1) is 24.2 Å². The van der Waals surface area contributed by atoms with Gasteiger partial charge in [-0.15, -0.1) is 0 Å². The number of carbonyl (C=O) groups is 1. The second-order valence-electron chi connectivity index (χ2n) is 9.66. The van der Waals surface area contributed by atoms with E-state index in [1.807, 2.05) is 32.9 Å². The Balaban J connectivity index is 1.54. The topological polar surface area (TPSA) is 68.2 Å². The molecule has 164 valence electrons. The molecule has 1 spiro atoms. The number of hydrogen-bond acceptors (Lipinski definition) is 6. The molecule has 0 bridgehead atoms. The standard InChI is InChI=1S/C24H33NO5/c1-23(2,3)29-15-18(27)8-11-25-12-10-24-9-7-17(26)13-20(24)30-22-19(28-4)6-5-16(14-25)21(22)24/h5-7,9,17,20,26H,8,10-15H2,1-4H3/t17-,20?,24?/m0/s1. The molecule has 1 aliphatic carbocycles. The lowest BCUT2D eigenvalue weighted by Crippen LogP contribution is -2.43. The van der Waals surface area contributed by atoms with Crippen LogP contribution in [0.1, 0.15) is 51.2 Å². The Morgan fingerprint density at radius 1 is 1.37 bits per heavy atom. The van der Waals surface area contributed by atoms with E-state index in [0.29, 0.717) is 19.4 Å².